The van der Waals surface area contributed by atoms with Gasteiger partial charge in [-0.15, -0.1) is 0 Å². The Bertz CT molecular complexity index is 2810. The van der Waals surface area contributed by atoms with Crippen LogP contribution in [-0.4, -0.2) is 38.2 Å². The Morgan fingerprint density at radius 1 is 0.662 bits per heavy atom. The standard InChI is InChI=1S/C56H53N3O6/c1-39-21-24-44(25-27-49(39)45-31-46(55(60)61)34-57-33-45)50-26-23-41(30-54(50)65-38-43-17-8-4-9-18-43)14-10-5-13-29-63-56(62)47-32-48(36-58-35-47)59-40(2)22-28-52(59)51-19-11-12-20-53(51)64-37-42-15-6-3-7-16-42/h3-4,6-9,11-12,15-24,26,28,30-36,49H,5,10,13-14,25,27,29,37-38H2,1-2H3,(H,60,61). The van der Waals surface area contributed by atoms with Gasteiger partial charge in [-0.05, 0) is 123 Å². The molecule has 8 rings (SSSR count). The van der Waals surface area contributed by atoms with Crippen molar-refractivity contribution in [2.45, 2.75) is 71.5 Å². The van der Waals surface area contributed by atoms with Crippen molar-refractivity contribution >= 4 is 17.5 Å². The Morgan fingerprint density at radius 2 is 1.37 bits per heavy atom. The summed E-state index contributed by atoms with van der Waals surface area (Å²) in [6.07, 6.45) is 15.8. The first-order chi connectivity index (χ1) is 31.8. The van der Waals surface area contributed by atoms with Crippen molar-refractivity contribution in [2.75, 3.05) is 6.61 Å². The molecule has 0 radical (unpaired) electrons. The predicted octanol–water partition coefficient (Wildman–Crippen LogP) is 12.6. The van der Waals surface area contributed by atoms with Gasteiger partial charge in [-0.2, -0.15) is 0 Å². The third-order valence-corrected chi connectivity index (χ3v) is 11.9. The number of para-hydroxylation sites is 1. The van der Waals surface area contributed by atoms with Gasteiger partial charge in [0.05, 0.1) is 35.3 Å². The molecule has 0 saturated carbocycles. The topological polar surface area (TPSA) is 113 Å². The number of nitrogens with zero attached hydrogens (tertiary/aromatic N) is 3. The van der Waals surface area contributed by atoms with Crippen molar-refractivity contribution in [2.24, 2.45) is 0 Å². The van der Waals surface area contributed by atoms with E-state index in [4.69, 9.17) is 14.2 Å². The Balaban J connectivity index is 0.875. The minimum atomic E-state index is -0.977. The van der Waals surface area contributed by atoms with Crippen molar-refractivity contribution in [3.05, 3.63) is 215 Å². The van der Waals surface area contributed by atoms with E-state index in [1.807, 2.05) is 85.8 Å². The molecular weight excluding hydrogens is 811 g/mol. The molecule has 0 aliphatic heterocycles. The number of ether oxygens (including phenoxy) is 3. The van der Waals surface area contributed by atoms with Crippen LogP contribution in [0.1, 0.15) is 99.2 Å². The molecule has 9 nitrogen and oxygen atoms in total. The highest BCUT2D eigenvalue weighted by Gasteiger charge is 2.21. The van der Waals surface area contributed by atoms with Gasteiger partial charge in [0.25, 0.3) is 0 Å². The van der Waals surface area contributed by atoms with Gasteiger partial charge in [0.2, 0.25) is 0 Å². The van der Waals surface area contributed by atoms with E-state index >= 15 is 0 Å². The van der Waals surface area contributed by atoms with Crippen LogP contribution in [0.3, 0.4) is 0 Å². The fraction of sp³-hybridized carbons (Fsp3) is 0.214. The molecule has 0 bridgehead atoms. The second-order valence-corrected chi connectivity index (χ2v) is 16.5. The number of allylic oxidation sites excluding steroid dienone is 4. The smallest absolute Gasteiger partial charge is 0.339 e. The molecule has 0 spiro atoms. The number of carbonyl (C=O) groups is 2. The number of benzene rings is 4. The summed E-state index contributed by atoms with van der Waals surface area (Å²) in [7, 11) is 0. The van der Waals surface area contributed by atoms with E-state index in [2.05, 4.69) is 76.1 Å². The average molecular weight is 864 g/mol. The van der Waals surface area contributed by atoms with Crippen LogP contribution in [0, 0.1) is 6.92 Å². The lowest BCUT2D eigenvalue weighted by Gasteiger charge is -2.18. The van der Waals surface area contributed by atoms with Crippen LogP contribution in [0.25, 0.3) is 22.5 Å². The van der Waals surface area contributed by atoms with Crippen LogP contribution in [0.15, 0.2) is 170 Å². The van der Waals surface area contributed by atoms with Crippen LogP contribution in [-0.2, 0) is 24.4 Å². The Labute approximate surface area is 380 Å². The largest absolute Gasteiger partial charge is 0.488 e. The third kappa shape index (κ3) is 11.2. The molecule has 65 heavy (non-hydrogen) atoms. The summed E-state index contributed by atoms with van der Waals surface area (Å²) >= 11 is 0. The van der Waals surface area contributed by atoms with Gasteiger partial charge >= 0.3 is 11.9 Å². The van der Waals surface area contributed by atoms with Crippen LogP contribution in [0.4, 0.5) is 0 Å². The van der Waals surface area contributed by atoms with Gasteiger partial charge in [0.1, 0.15) is 24.7 Å². The van der Waals surface area contributed by atoms with Gasteiger partial charge < -0.3 is 23.9 Å². The van der Waals surface area contributed by atoms with E-state index in [0.29, 0.717) is 25.4 Å². The highest BCUT2D eigenvalue weighted by molar-refractivity contribution is 5.90. The normalized spacial score (nSPS) is 13.6. The number of carboxylic acid groups (broad SMARTS) is 1. The van der Waals surface area contributed by atoms with Crippen molar-refractivity contribution in [1.29, 1.82) is 0 Å². The van der Waals surface area contributed by atoms with Crippen LogP contribution >= 0.6 is 0 Å². The lowest BCUT2D eigenvalue weighted by Crippen LogP contribution is -2.09. The Morgan fingerprint density at radius 3 is 2.14 bits per heavy atom. The number of hydrogen-bond acceptors (Lipinski definition) is 7. The maximum Gasteiger partial charge on any atom is 0.339 e. The van der Waals surface area contributed by atoms with Gasteiger partial charge in [0, 0.05) is 41.3 Å². The number of rotatable bonds is 18. The molecule has 1 atom stereocenters. The van der Waals surface area contributed by atoms with Crippen LogP contribution in [0.5, 0.6) is 11.5 Å². The summed E-state index contributed by atoms with van der Waals surface area (Å²) in [6.45, 7) is 5.34. The zero-order chi connectivity index (χ0) is 45.0. The fourth-order valence-electron chi connectivity index (χ4n) is 8.37. The molecule has 4 aromatic carbocycles. The summed E-state index contributed by atoms with van der Waals surface area (Å²) in [5, 5.41) is 9.56. The minimum Gasteiger partial charge on any atom is -0.488 e. The number of aromatic nitrogens is 3. The van der Waals surface area contributed by atoms with E-state index in [9.17, 15) is 14.7 Å². The highest BCUT2D eigenvalue weighted by Crippen LogP contribution is 2.39. The Hall–Kier alpha value is -7.52. The highest BCUT2D eigenvalue weighted by atomic mass is 16.5. The number of hydrogen-bond donors (Lipinski definition) is 1. The fourth-order valence-corrected chi connectivity index (χ4v) is 8.37. The van der Waals surface area contributed by atoms with Crippen molar-refractivity contribution in [3.63, 3.8) is 0 Å². The molecule has 0 fully saturated rings. The van der Waals surface area contributed by atoms with E-state index in [1.54, 1.807) is 24.7 Å². The number of unbranched alkanes of at least 4 members (excludes halogenated alkanes) is 2. The number of aromatic carboxylic acids is 1. The average Bonchev–Trinajstić information content (AvgIpc) is 3.62. The zero-order valence-corrected chi connectivity index (χ0v) is 36.9. The van der Waals surface area contributed by atoms with E-state index in [-0.39, 0.29) is 11.5 Å². The number of carbonyl (C=O) groups excluding carboxylic acids is 1. The summed E-state index contributed by atoms with van der Waals surface area (Å²) < 4.78 is 20.7. The van der Waals surface area contributed by atoms with Crippen molar-refractivity contribution in [1.82, 2.24) is 14.5 Å². The van der Waals surface area contributed by atoms with Crippen LogP contribution in [0.2, 0.25) is 0 Å². The quantitative estimate of drug-likeness (QED) is 0.0670. The molecule has 0 amide bonds. The monoisotopic (exact) mass is 863 g/mol. The first-order valence-corrected chi connectivity index (χ1v) is 22.2. The summed E-state index contributed by atoms with van der Waals surface area (Å²) in [4.78, 5) is 33.7. The van der Waals surface area contributed by atoms with E-state index in [1.165, 1.54) is 17.3 Å². The summed E-state index contributed by atoms with van der Waals surface area (Å²) in [5.74, 6) is 0.291. The summed E-state index contributed by atoms with van der Waals surface area (Å²) in [5.41, 5.74) is 11.9. The molecule has 1 unspecified atom stereocenters. The molecule has 1 aliphatic rings. The second-order valence-electron chi connectivity index (χ2n) is 16.5. The molecule has 0 saturated heterocycles. The molecular formula is C56H53N3O6. The molecule has 328 valence electrons. The Kier molecular flexibility index (Phi) is 14.4. The SMILES string of the molecule is CC1=CC=C(c2ccc(CCCCCOC(=O)c3cncc(-n4c(C)ccc4-c4ccccc4OCc4ccccc4)c3)cc2OCc2ccccc2)CCC1c1cncc(C(=O)O)c1. The number of pyridine rings is 2. The van der Waals surface area contributed by atoms with Gasteiger partial charge in [-0.3, -0.25) is 9.97 Å². The van der Waals surface area contributed by atoms with E-state index in [0.717, 1.165) is 100 Å². The van der Waals surface area contributed by atoms with E-state index < -0.39 is 11.9 Å². The van der Waals surface area contributed by atoms with Gasteiger partial charge in [-0.1, -0.05) is 103 Å². The zero-order valence-electron chi connectivity index (χ0n) is 36.9. The first-order valence-electron chi connectivity index (χ1n) is 22.2. The molecule has 1 N–H and O–H groups in total. The number of carboxylic acids is 1. The predicted molar refractivity (Wildman–Crippen MR) is 254 cm³/mol. The summed E-state index contributed by atoms with van der Waals surface area (Å²) in [6, 6.07) is 42.4. The molecule has 9 heteroatoms. The van der Waals surface area contributed by atoms with Gasteiger partial charge in [-0.25, -0.2) is 9.59 Å². The minimum absolute atomic E-state index is 0.0622. The molecule has 7 aromatic rings. The molecule has 1 aliphatic carbocycles. The second kappa shape index (κ2) is 21.2. The maximum absolute atomic E-state index is 13.3. The number of esters is 1. The van der Waals surface area contributed by atoms with Crippen molar-refractivity contribution < 1.29 is 28.9 Å². The maximum atomic E-state index is 13.3. The lowest BCUT2D eigenvalue weighted by molar-refractivity contribution is 0.0496. The number of aryl methyl sites for hydroxylation is 2. The van der Waals surface area contributed by atoms with Gasteiger partial charge in [0.15, 0.2) is 0 Å². The lowest BCUT2D eigenvalue weighted by atomic mass is 9.88. The molecule has 3 heterocycles. The third-order valence-electron chi connectivity index (χ3n) is 11.9. The molecule has 3 aromatic heterocycles. The van der Waals surface area contributed by atoms with Crippen molar-refractivity contribution in [3.8, 4) is 28.4 Å². The van der Waals surface area contributed by atoms with Crippen LogP contribution < -0.4 is 9.47 Å². The first kappa shape index (κ1) is 44.1.